The Hall–Kier alpha value is -2.75. The number of anilines is 1. The lowest BCUT2D eigenvalue weighted by Crippen LogP contribution is -2.36. The smallest absolute Gasteiger partial charge is 0.405 e. The van der Waals surface area contributed by atoms with E-state index in [0.717, 1.165) is 4.31 Å². The highest BCUT2D eigenvalue weighted by Crippen LogP contribution is 2.24. The van der Waals surface area contributed by atoms with E-state index in [0.29, 0.717) is 5.69 Å². The molecule has 2 rings (SSSR count). The van der Waals surface area contributed by atoms with Gasteiger partial charge in [0.15, 0.2) is 6.61 Å². The van der Waals surface area contributed by atoms with Gasteiger partial charge >= 0.3 is 6.18 Å². The zero-order valence-electron chi connectivity index (χ0n) is 14.2. The first kappa shape index (κ1) is 20.6. The number of nitrogens with one attached hydrogen (secondary N) is 1. The molecule has 27 heavy (non-hydrogen) atoms. The van der Waals surface area contributed by atoms with Gasteiger partial charge in [0.05, 0.1) is 10.6 Å². The van der Waals surface area contributed by atoms with Crippen LogP contribution in [0.3, 0.4) is 0 Å². The first-order chi connectivity index (χ1) is 12.6. The highest BCUT2D eigenvalue weighted by Gasteiger charge is 2.27. The summed E-state index contributed by atoms with van der Waals surface area (Å²) in [4.78, 5) is 11.4. The second-order valence-electron chi connectivity index (χ2n) is 5.46. The summed E-state index contributed by atoms with van der Waals surface area (Å²) in [5, 5.41) is 1.68. The highest BCUT2D eigenvalue weighted by atomic mass is 32.2. The molecule has 1 N–H and O–H groups in total. The van der Waals surface area contributed by atoms with Gasteiger partial charge in [0.1, 0.15) is 12.3 Å². The number of rotatable bonds is 7. The van der Waals surface area contributed by atoms with Gasteiger partial charge in [0.25, 0.3) is 15.9 Å². The van der Waals surface area contributed by atoms with Crippen LogP contribution in [0.15, 0.2) is 59.5 Å². The van der Waals surface area contributed by atoms with E-state index in [1.54, 1.807) is 23.5 Å². The number of carbonyl (C=O) groups is 1. The molecule has 0 fully saturated rings. The van der Waals surface area contributed by atoms with Crippen molar-refractivity contribution in [3.8, 4) is 5.75 Å². The Labute approximate surface area is 154 Å². The lowest BCUT2D eigenvalue weighted by Gasteiger charge is -2.19. The number of hydrogen-bond acceptors (Lipinski definition) is 4. The Morgan fingerprint density at radius 2 is 1.67 bits per heavy atom. The van der Waals surface area contributed by atoms with E-state index < -0.39 is 35.3 Å². The van der Waals surface area contributed by atoms with E-state index in [-0.39, 0.29) is 10.6 Å². The number of nitrogens with zero attached hydrogens (tertiary/aromatic N) is 1. The number of carbonyl (C=O) groups excluding carboxylic acids is 1. The summed E-state index contributed by atoms with van der Waals surface area (Å²) in [5.74, 6) is -0.702. The van der Waals surface area contributed by atoms with Gasteiger partial charge in [-0.1, -0.05) is 18.2 Å². The van der Waals surface area contributed by atoms with Gasteiger partial charge in [0.2, 0.25) is 0 Å². The lowest BCUT2D eigenvalue weighted by atomic mass is 10.3. The number of alkyl halides is 3. The van der Waals surface area contributed by atoms with Crippen molar-refractivity contribution < 1.29 is 31.1 Å². The molecule has 0 aliphatic carbocycles. The Morgan fingerprint density at radius 3 is 2.22 bits per heavy atom. The van der Waals surface area contributed by atoms with E-state index in [1.165, 1.54) is 43.4 Å². The Balaban J connectivity index is 1.98. The van der Waals surface area contributed by atoms with Crippen LogP contribution in [0, 0.1) is 0 Å². The first-order valence-electron chi connectivity index (χ1n) is 7.70. The average molecular weight is 402 g/mol. The van der Waals surface area contributed by atoms with Crippen molar-refractivity contribution in [3.05, 3.63) is 54.6 Å². The molecule has 0 aliphatic heterocycles. The molecule has 0 spiro atoms. The van der Waals surface area contributed by atoms with Gasteiger partial charge in [-0.3, -0.25) is 9.10 Å². The van der Waals surface area contributed by atoms with E-state index in [4.69, 9.17) is 4.74 Å². The third-order valence-corrected chi connectivity index (χ3v) is 5.26. The van der Waals surface area contributed by atoms with Gasteiger partial charge in [-0.25, -0.2) is 8.42 Å². The average Bonchev–Trinajstić information content (AvgIpc) is 2.64. The molecule has 10 heteroatoms. The summed E-state index contributed by atoms with van der Waals surface area (Å²) in [6.07, 6.45) is -4.49. The normalized spacial score (nSPS) is 11.7. The van der Waals surface area contributed by atoms with Gasteiger partial charge in [-0.15, -0.1) is 0 Å². The minimum atomic E-state index is -4.49. The maximum Gasteiger partial charge on any atom is 0.405 e. The third-order valence-electron chi connectivity index (χ3n) is 3.46. The molecule has 0 saturated carbocycles. The van der Waals surface area contributed by atoms with Crippen LogP contribution in [-0.2, 0) is 14.8 Å². The minimum absolute atomic E-state index is 0.133. The summed E-state index contributed by atoms with van der Waals surface area (Å²) >= 11 is 0. The molecule has 6 nitrogen and oxygen atoms in total. The van der Waals surface area contributed by atoms with Crippen LogP contribution in [0.25, 0.3) is 0 Å². The molecule has 0 aliphatic rings. The molecule has 146 valence electrons. The monoisotopic (exact) mass is 402 g/mol. The van der Waals surface area contributed by atoms with Gasteiger partial charge in [-0.2, -0.15) is 13.2 Å². The van der Waals surface area contributed by atoms with Crippen molar-refractivity contribution in [2.45, 2.75) is 11.1 Å². The zero-order chi connectivity index (χ0) is 20.1. The van der Waals surface area contributed by atoms with Crippen LogP contribution >= 0.6 is 0 Å². The van der Waals surface area contributed by atoms with Crippen molar-refractivity contribution >= 4 is 21.6 Å². The molecule has 0 heterocycles. The molecule has 0 unspecified atom stereocenters. The van der Waals surface area contributed by atoms with Crippen molar-refractivity contribution in [2.24, 2.45) is 0 Å². The van der Waals surface area contributed by atoms with Crippen LogP contribution in [0.5, 0.6) is 5.75 Å². The standard InChI is InChI=1S/C17H17F3N2O4S/c1-22(27(24,25)15-5-3-2-4-6-15)13-7-9-14(10-8-13)26-11-16(23)21-12-17(18,19)20/h2-10H,11-12H2,1H3,(H,21,23). The van der Waals surface area contributed by atoms with Gasteiger partial charge in [0, 0.05) is 7.05 Å². The molecule has 0 atom stereocenters. The van der Waals surface area contributed by atoms with Gasteiger partial charge in [-0.05, 0) is 36.4 Å². The van der Waals surface area contributed by atoms with Crippen molar-refractivity contribution in [3.63, 3.8) is 0 Å². The largest absolute Gasteiger partial charge is 0.484 e. The summed E-state index contributed by atoms with van der Waals surface area (Å²) in [6, 6.07) is 13.6. The molecule has 2 aromatic rings. The Bertz CT molecular complexity index is 869. The van der Waals surface area contributed by atoms with Crippen molar-refractivity contribution in [2.75, 3.05) is 24.5 Å². The summed E-state index contributed by atoms with van der Waals surface area (Å²) in [6.45, 7) is -2.02. The van der Waals surface area contributed by atoms with Crippen LogP contribution in [-0.4, -0.2) is 40.7 Å². The molecule has 2 aromatic carbocycles. The number of sulfonamides is 1. The molecule has 0 aromatic heterocycles. The molecule has 0 bridgehead atoms. The van der Waals surface area contributed by atoms with Crippen molar-refractivity contribution in [1.29, 1.82) is 0 Å². The predicted octanol–water partition coefficient (Wildman–Crippen LogP) is 2.57. The van der Waals surface area contributed by atoms with Crippen molar-refractivity contribution in [1.82, 2.24) is 5.32 Å². The molecular weight excluding hydrogens is 385 g/mol. The van der Waals surface area contributed by atoms with E-state index in [9.17, 15) is 26.4 Å². The third kappa shape index (κ3) is 5.88. The Kier molecular flexibility index (Phi) is 6.32. The van der Waals surface area contributed by atoms with Gasteiger partial charge < -0.3 is 10.1 Å². The molecule has 0 saturated heterocycles. The summed E-state index contributed by atoms with van der Waals surface area (Å²) in [7, 11) is -2.34. The number of benzene rings is 2. The molecular formula is C17H17F3N2O4S. The fourth-order valence-corrected chi connectivity index (χ4v) is 3.26. The lowest BCUT2D eigenvalue weighted by molar-refractivity contribution is -0.139. The highest BCUT2D eigenvalue weighted by molar-refractivity contribution is 7.92. The number of ether oxygens (including phenoxy) is 1. The number of amides is 1. The van der Waals surface area contributed by atoms with Crippen LogP contribution in [0.1, 0.15) is 0 Å². The fourth-order valence-electron chi connectivity index (χ4n) is 2.04. The van der Waals surface area contributed by atoms with Crippen LogP contribution in [0.2, 0.25) is 0 Å². The van der Waals surface area contributed by atoms with E-state index >= 15 is 0 Å². The SMILES string of the molecule is CN(c1ccc(OCC(=O)NCC(F)(F)F)cc1)S(=O)(=O)c1ccccc1. The molecule has 1 amide bonds. The molecule has 0 radical (unpaired) electrons. The number of hydrogen-bond donors (Lipinski definition) is 1. The summed E-state index contributed by atoms with van der Waals surface area (Å²) in [5.41, 5.74) is 0.354. The maximum absolute atomic E-state index is 12.5. The second-order valence-corrected chi connectivity index (χ2v) is 7.43. The zero-order valence-corrected chi connectivity index (χ0v) is 15.0. The van der Waals surface area contributed by atoms with E-state index in [2.05, 4.69) is 0 Å². The van der Waals surface area contributed by atoms with Crippen LogP contribution < -0.4 is 14.4 Å². The Morgan fingerprint density at radius 1 is 1.07 bits per heavy atom. The quantitative estimate of drug-likeness (QED) is 0.773. The summed E-state index contributed by atoms with van der Waals surface area (Å²) < 4.78 is 67.3. The maximum atomic E-state index is 12.5. The number of halogens is 3. The predicted molar refractivity (Wildman–Crippen MR) is 93.0 cm³/mol. The van der Waals surface area contributed by atoms with E-state index in [1.807, 2.05) is 0 Å². The fraction of sp³-hybridized carbons (Fsp3) is 0.235. The first-order valence-corrected chi connectivity index (χ1v) is 9.14. The second kappa shape index (κ2) is 8.30. The minimum Gasteiger partial charge on any atom is -0.484 e. The van der Waals surface area contributed by atoms with Crippen LogP contribution in [0.4, 0.5) is 18.9 Å². The topological polar surface area (TPSA) is 75.7 Å².